The average Bonchev–Trinajstić information content (AvgIpc) is 2.77. The number of aromatic nitrogens is 3. The van der Waals surface area contributed by atoms with E-state index in [1.54, 1.807) is 12.4 Å². The lowest BCUT2D eigenvalue weighted by atomic mass is 10.1. The van der Waals surface area contributed by atoms with Crippen molar-refractivity contribution in [2.24, 2.45) is 7.05 Å². The Balaban J connectivity index is 2.33. The Morgan fingerprint density at radius 1 is 1.44 bits per heavy atom. The molecule has 0 bridgehead atoms. The molecule has 0 radical (unpaired) electrons. The molecule has 2 aromatic rings. The van der Waals surface area contributed by atoms with Crippen LogP contribution >= 0.6 is 0 Å². The standard InChI is InChI=1S/C13H17FN4/c1-3-4-16-12(13-17-5-6-18(13)2)10-7-11(14)9-15-8-10/h5-9,12,16H,3-4H2,1-2H3. The van der Waals surface area contributed by atoms with E-state index in [-0.39, 0.29) is 11.9 Å². The Hall–Kier alpha value is -1.75. The van der Waals surface area contributed by atoms with Crippen molar-refractivity contribution < 1.29 is 4.39 Å². The number of aryl methyl sites for hydroxylation is 1. The number of nitrogens with zero attached hydrogens (tertiary/aromatic N) is 3. The normalized spacial score (nSPS) is 12.6. The lowest BCUT2D eigenvalue weighted by Gasteiger charge is -2.18. The molecule has 1 N–H and O–H groups in total. The highest BCUT2D eigenvalue weighted by Crippen LogP contribution is 2.20. The third-order valence-corrected chi connectivity index (χ3v) is 2.77. The van der Waals surface area contributed by atoms with Crippen LogP contribution in [-0.2, 0) is 7.05 Å². The number of pyridine rings is 1. The van der Waals surface area contributed by atoms with Crippen LogP contribution < -0.4 is 5.32 Å². The Kier molecular flexibility index (Phi) is 4.04. The van der Waals surface area contributed by atoms with Crippen molar-refractivity contribution in [2.75, 3.05) is 6.54 Å². The summed E-state index contributed by atoms with van der Waals surface area (Å²) in [5, 5.41) is 3.37. The molecule has 2 heterocycles. The Morgan fingerprint density at radius 3 is 2.89 bits per heavy atom. The van der Waals surface area contributed by atoms with Gasteiger partial charge >= 0.3 is 0 Å². The van der Waals surface area contributed by atoms with Gasteiger partial charge in [0.2, 0.25) is 0 Å². The zero-order valence-electron chi connectivity index (χ0n) is 10.6. The van der Waals surface area contributed by atoms with Crippen LogP contribution in [-0.4, -0.2) is 21.1 Å². The van der Waals surface area contributed by atoms with Gasteiger partial charge in [-0.2, -0.15) is 0 Å². The van der Waals surface area contributed by atoms with Gasteiger partial charge in [0.15, 0.2) is 0 Å². The monoisotopic (exact) mass is 248 g/mol. The first-order chi connectivity index (χ1) is 8.72. The fraction of sp³-hybridized carbons (Fsp3) is 0.385. The molecule has 0 spiro atoms. The average molecular weight is 248 g/mol. The van der Waals surface area contributed by atoms with Gasteiger partial charge in [0.1, 0.15) is 11.6 Å². The lowest BCUT2D eigenvalue weighted by molar-refractivity contribution is 0.546. The summed E-state index contributed by atoms with van der Waals surface area (Å²) in [5.41, 5.74) is 0.790. The minimum Gasteiger partial charge on any atom is -0.336 e. The second-order valence-corrected chi connectivity index (χ2v) is 4.22. The number of hydrogen-bond acceptors (Lipinski definition) is 3. The molecule has 0 aliphatic heterocycles. The molecule has 0 aliphatic carbocycles. The zero-order chi connectivity index (χ0) is 13.0. The van der Waals surface area contributed by atoms with Crippen molar-refractivity contribution in [2.45, 2.75) is 19.4 Å². The van der Waals surface area contributed by atoms with Crippen molar-refractivity contribution in [3.8, 4) is 0 Å². The van der Waals surface area contributed by atoms with Gasteiger partial charge in [-0.15, -0.1) is 0 Å². The molecule has 0 fully saturated rings. The quantitative estimate of drug-likeness (QED) is 0.880. The first kappa shape index (κ1) is 12.7. The molecular weight excluding hydrogens is 231 g/mol. The second kappa shape index (κ2) is 5.73. The van der Waals surface area contributed by atoms with Gasteiger partial charge < -0.3 is 9.88 Å². The van der Waals surface area contributed by atoms with Crippen molar-refractivity contribution in [1.29, 1.82) is 0 Å². The lowest BCUT2D eigenvalue weighted by Crippen LogP contribution is -2.26. The highest BCUT2D eigenvalue weighted by molar-refractivity contribution is 5.22. The predicted molar refractivity (Wildman–Crippen MR) is 67.5 cm³/mol. The van der Waals surface area contributed by atoms with Crippen LogP contribution in [0.1, 0.15) is 30.8 Å². The molecule has 2 aromatic heterocycles. The molecule has 0 aliphatic rings. The van der Waals surface area contributed by atoms with E-state index in [1.165, 1.54) is 12.3 Å². The molecule has 4 nitrogen and oxygen atoms in total. The summed E-state index contributed by atoms with van der Waals surface area (Å²) in [6.45, 7) is 2.93. The molecule has 18 heavy (non-hydrogen) atoms. The molecule has 5 heteroatoms. The van der Waals surface area contributed by atoms with E-state index in [2.05, 4.69) is 22.2 Å². The van der Waals surface area contributed by atoms with Crippen LogP contribution in [0.25, 0.3) is 0 Å². The van der Waals surface area contributed by atoms with Crippen LogP contribution in [0.3, 0.4) is 0 Å². The second-order valence-electron chi connectivity index (χ2n) is 4.22. The van der Waals surface area contributed by atoms with E-state index >= 15 is 0 Å². The third-order valence-electron chi connectivity index (χ3n) is 2.77. The molecule has 0 saturated carbocycles. The minimum atomic E-state index is -0.329. The summed E-state index contributed by atoms with van der Waals surface area (Å²) < 4.78 is 15.2. The van der Waals surface area contributed by atoms with Gasteiger partial charge in [-0.25, -0.2) is 9.37 Å². The highest BCUT2D eigenvalue weighted by Gasteiger charge is 2.18. The molecule has 0 aromatic carbocycles. The molecule has 96 valence electrons. The maximum absolute atomic E-state index is 13.3. The number of hydrogen-bond donors (Lipinski definition) is 1. The number of rotatable bonds is 5. The fourth-order valence-electron chi connectivity index (χ4n) is 1.89. The van der Waals surface area contributed by atoms with Crippen LogP contribution in [0.15, 0.2) is 30.9 Å². The number of nitrogens with one attached hydrogen (secondary N) is 1. The van der Waals surface area contributed by atoms with E-state index < -0.39 is 0 Å². The van der Waals surface area contributed by atoms with Crippen molar-refractivity contribution >= 4 is 0 Å². The first-order valence-electron chi connectivity index (χ1n) is 6.03. The topological polar surface area (TPSA) is 42.7 Å². The fourth-order valence-corrected chi connectivity index (χ4v) is 1.89. The highest BCUT2D eigenvalue weighted by atomic mass is 19.1. The van der Waals surface area contributed by atoms with E-state index in [0.717, 1.165) is 24.4 Å². The summed E-state index contributed by atoms with van der Waals surface area (Å²) in [4.78, 5) is 8.23. The molecule has 0 amide bonds. The smallest absolute Gasteiger partial charge is 0.141 e. The van der Waals surface area contributed by atoms with Gasteiger partial charge in [-0.05, 0) is 24.6 Å². The van der Waals surface area contributed by atoms with E-state index in [0.29, 0.717) is 0 Å². The van der Waals surface area contributed by atoms with Crippen molar-refractivity contribution in [3.05, 3.63) is 48.1 Å². The van der Waals surface area contributed by atoms with Crippen LogP contribution in [0.5, 0.6) is 0 Å². The molecular formula is C13H17FN4. The maximum Gasteiger partial charge on any atom is 0.141 e. The summed E-state index contributed by atoms with van der Waals surface area (Å²) in [6, 6.07) is 1.36. The van der Waals surface area contributed by atoms with Crippen molar-refractivity contribution in [3.63, 3.8) is 0 Å². The first-order valence-corrected chi connectivity index (χ1v) is 6.03. The summed E-state index contributed by atoms with van der Waals surface area (Å²) in [6.07, 6.45) is 7.50. The molecule has 0 saturated heterocycles. The van der Waals surface area contributed by atoms with Gasteiger partial charge in [0, 0.05) is 25.6 Å². The van der Waals surface area contributed by atoms with E-state index in [1.807, 2.05) is 17.8 Å². The maximum atomic E-state index is 13.3. The Morgan fingerprint density at radius 2 is 2.28 bits per heavy atom. The van der Waals surface area contributed by atoms with Crippen LogP contribution in [0, 0.1) is 5.82 Å². The zero-order valence-corrected chi connectivity index (χ0v) is 10.6. The summed E-state index contributed by atoms with van der Waals surface area (Å²) in [7, 11) is 1.93. The van der Waals surface area contributed by atoms with E-state index in [9.17, 15) is 4.39 Å². The molecule has 2 rings (SSSR count). The largest absolute Gasteiger partial charge is 0.336 e. The molecule has 1 unspecified atom stereocenters. The SMILES string of the molecule is CCCNC(c1cncc(F)c1)c1nccn1C. The Bertz CT molecular complexity index is 509. The van der Waals surface area contributed by atoms with Gasteiger partial charge in [-0.1, -0.05) is 6.92 Å². The van der Waals surface area contributed by atoms with Gasteiger partial charge in [0.25, 0.3) is 0 Å². The number of halogens is 1. The van der Waals surface area contributed by atoms with Gasteiger partial charge in [0.05, 0.1) is 12.2 Å². The number of imidazole rings is 1. The molecule has 1 atom stereocenters. The summed E-state index contributed by atoms with van der Waals surface area (Å²) in [5.74, 6) is 0.529. The Labute approximate surface area is 106 Å². The summed E-state index contributed by atoms with van der Waals surface area (Å²) >= 11 is 0. The van der Waals surface area contributed by atoms with Gasteiger partial charge in [-0.3, -0.25) is 4.98 Å². The van der Waals surface area contributed by atoms with Crippen LogP contribution in [0.4, 0.5) is 4.39 Å². The minimum absolute atomic E-state index is 0.131. The predicted octanol–water partition coefficient (Wildman–Crippen LogP) is 2.04. The van der Waals surface area contributed by atoms with E-state index in [4.69, 9.17) is 0 Å². The van der Waals surface area contributed by atoms with Crippen molar-refractivity contribution in [1.82, 2.24) is 19.9 Å². The third kappa shape index (κ3) is 2.73. The van der Waals surface area contributed by atoms with Crippen LogP contribution in [0.2, 0.25) is 0 Å².